The van der Waals surface area contributed by atoms with Gasteiger partial charge >= 0.3 is 0 Å². The molecule has 0 spiro atoms. The van der Waals surface area contributed by atoms with Crippen LogP contribution in [0.5, 0.6) is 0 Å². The highest BCUT2D eigenvalue weighted by atomic mass is 16.2. The van der Waals surface area contributed by atoms with Crippen molar-refractivity contribution in [2.24, 2.45) is 0 Å². The summed E-state index contributed by atoms with van der Waals surface area (Å²) in [6.45, 7) is 4.47. The molecule has 1 fully saturated rings. The zero-order valence-corrected chi connectivity index (χ0v) is 12.0. The highest BCUT2D eigenvalue weighted by Crippen LogP contribution is 2.22. The van der Waals surface area contributed by atoms with Gasteiger partial charge in [0.1, 0.15) is 6.04 Å². The second-order valence-electron chi connectivity index (χ2n) is 5.24. The second kappa shape index (κ2) is 6.17. The monoisotopic (exact) mass is 261 g/mol. The van der Waals surface area contributed by atoms with E-state index in [2.05, 4.69) is 24.4 Å². The second-order valence-corrected chi connectivity index (χ2v) is 5.24. The minimum absolute atomic E-state index is 0.103. The zero-order valence-electron chi connectivity index (χ0n) is 12.0. The first kappa shape index (κ1) is 14.0. The number of benzene rings is 1. The Morgan fingerprint density at radius 3 is 2.79 bits per heavy atom. The number of rotatable bonds is 4. The summed E-state index contributed by atoms with van der Waals surface area (Å²) in [4.78, 5) is 16.5. The molecule has 104 valence electrons. The molecule has 0 bridgehead atoms. The van der Waals surface area contributed by atoms with Gasteiger partial charge in [-0.15, -0.1) is 0 Å². The quantitative estimate of drug-likeness (QED) is 0.882. The predicted molar refractivity (Wildman–Crippen MR) is 78.5 cm³/mol. The van der Waals surface area contributed by atoms with E-state index in [1.165, 1.54) is 5.56 Å². The number of anilines is 1. The molecule has 4 nitrogen and oxygen atoms in total. The SMILES string of the molecule is CCc1ccccc1N1CCNC(CN(C)C)C1=O. The maximum Gasteiger partial charge on any atom is 0.245 e. The Bertz CT molecular complexity index is 445. The van der Waals surface area contributed by atoms with E-state index in [1.807, 2.05) is 36.0 Å². The molecule has 1 N–H and O–H groups in total. The van der Waals surface area contributed by atoms with Crippen molar-refractivity contribution in [3.63, 3.8) is 0 Å². The highest BCUT2D eigenvalue weighted by molar-refractivity contribution is 5.98. The van der Waals surface area contributed by atoms with Crippen molar-refractivity contribution in [1.82, 2.24) is 10.2 Å². The molecule has 1 saturated heterocycles. The number of carbonyl (C=O) groups excluding carboxylic acids is 1. The van der Waals surface area contributed by atoms with E-state index >= 15 is 0 Å². The van der Waals surface area contributed by atoms with Gasteiger partial charge < -0.3 is 15.1 Å². The number of carbonyl (C=O) groups is 1. The Balaban J connectivity index is 2.21. The smallest absolute Gasteiger partial charge is 0.245 e. The molecule has 1 aromatic rings. The number of nitrogens with one attached hydrogen (secondary N) is 1. The molecule has 1 aliphatic rings. The molecular weight excluding hydrogens is 238 g/mol. The number of piperazine rings is 1. The lowest BCUT2D eigenvalue weighted by Crippen LogP contribution is -2.58. The van der Waals surface area contributed by atoms with Gasteiger partial charge in [-0.25, -0.2) is 0 Å². The number of hydrogen-bond acceptors (Lipinski definition) is 3. The summed E-state index contributed by atoms with van der Waals surface area (Å²) in [6, 6.07) is 8.09. The molecule has 1 aromatic carbocycles. The molecule has 1 amide bonds. The van der Waals surface area contributed by atoms with E-state index in [0.717, 1.165) is 31.7 Å². The molecular formula is C15H23N3O. The van der Waals surface area contributed by atoms with Gasteiger partial charge in [0.2, 0.25) is 5.91 Å². The van der Waals surface area contributed by atoms with E-state index in [9.17, 15) is 4.79 Å². The zero-order chi connectivity index (χ0) is 13.8. The number of hydrogen-bond donors (Lipinski definition) is 1. The van der Waals surface area contributed by atoms with E-state index in [-0.39, 0.29) is 11.9 Å². The summed E-state index contributed by atoms with van der Waals surface area (Å²) in [7, 11) is 3.99. The first-order chi connectivity index (χ1) is 9.13. The summed E-state index contributed by atoms with van der Waals surface area (Å²) in [5.41, 5.74) is 2.31. The molecule has 1 aliphatic heterocycles. The number of para-hydroxylation sites is 1. The fraction of sp³-hybridized carbons (Fsp3) is 0.533. The third-order valence-electron chi connectivity index (χ3n) is 3.50. The lowest BCUT2D eigenvalue weighted by Gasteiger charge is -2.35. The van der Waals surface area contributed by atoms with Crippen LogP contribution in [0.15, 0.2) is 24.3 Å². The van der Waals surface area contributed by atoms with Crippen LogP contribution >= 0.6 is 0 Å². The Kier molecular flexibility index (Phi) is 4.56. The number of aryl methyl sites for hydroxylation is 1. The maximum atomic E-state index is 12.6. The van der Waals surface area contributed by atoms with Gasteiger partial charge in [-0.1, -0.05) is 25.1 Å². The normalized spacial score (nSPS) is 20.1. The van der Waals surface area contributed by atoms with Crippen LogP contribution in [-0.4, -0.2) is 50.6 Å². The fourth-order valence-electron chi connectivity index (χ4n) is 2.56. The van der Waals surface area contributed by atoms with Crippen molar-refractivity contribution in [3.8, 4) is 0 Å². The summed E-state index contributed by atoms with van der Waals surface area (Å²) in [5.74, 6) is 0.181. The van der Waals surface area contributed by atoms with Gasteiger partial charge in [0.15, 0.2) is 0 Å². The van der Waals surface area contributed by atoms with E-state index in [4.69, 9.17) is 0 Å². The van der Waals surface area contributed by atoms with Crippen LogP contribution in [0.3, 0.4) is 0 Å². The average molecular weight is 261 g/mol. The molecule has 1 atom stereocenters. The van der Waals surface area contributed by atoms with Crippen LogP contribution in [0.4, 0.5) is 5.69 Å². The molecule has 19 heavy (non-hydrogen) atoms. The molecule has 0 saturated carbocycles. The van der Waals surface area contributed by atoms with E-state index in [0.29, 0.717) is 0 Å². The van der Waals surface area contributed by atoms with Crippen LogP contribution in [0.2, 0.25) is 0 Å². The van der Waals surface area contributed by atoms with Crippen LogP contribution in [0.1, 0.15) is 12.5 Å². The molecule has 0 aliphatic carbocycles. The molecule has 1 unspecified atom stereocenters. The van der Waals surface area contributed by atoms with Crippen LogP contribution in [0, 0.1) is 0 Å². The summed E-state index contributed by atoms with van der Waals surface area (Å²) >= 11 is 0. The largest absolute Gasteiger partial charge is 0.309 e. The average Bonchev–Trinajstić information content (AvgIpc) is 2.41. The minimum atomic E-state index is -0.103. The Morgan fingerprint density at radius 1 is 1.37 bits per heavy atom. The van der Waals surface area contributed by atoms with Gasteiger partial charge in [-0.05, 0) is 32.1 Å². The number of likely N-dealkylation sites (N-methyl/N-ethyl adjacent to an activating group) is 1. The maximum absolute atomic E-state index is 12.6. The number of amides is 1. The number of nitrogens with zero attached hydrogens (tertiary/aromatic N) is 2. The van der Waals surface area contributed by atoms with Gasteiger partial charge in [0.25, 0.3) is 0 Å². The highest BCUT2D eigenvalue weighted by Gasteiger charge is 2.30. The third kappa shape index (κ3) is 3.14. The molecule has 4 heteroatoms. The van der Waals surface area contributed by atoms with Crippen LogP contribution in [0.25, 0.3) is 0 Å². The molecule has 0 radical (unpaired) electrons. The third-order valence-corrected chi connectivity index (χ3v) is 3.50. The molecule has 0 aromatic heterocycles. The van der Waals surface area contributed by atoms with Gasteiger partial charge in [0, 0.05) is 25.3 Å². The van der Waals surface area contributed by atoms with Crippen molar-refractivity contribution in [2.45, 2.75) is 19.4 Å². The van der Waals surface area contributed by atoms with E-state index in [1.54, 1.807) is 0 Å². The van der Waals surface area contributed by atoms with Crippen LogP contribution < -0.4 is 10.2 Å². The summed E-state index contributed by atoms with van der Waals surface area (Å²) < 4.78 is 0. The summed E-state index contributed by atoms with van der Waals surface area (Å²) in [6.07, 6.45) is 0.950. The van der Waals surface area contributed by atoms with Crippen molar-refractivity contribution in [3.05, 3.63) is 29.8 Å². The first-order valence-corrected chi connectivity index (χ1v) is 6.91. The predicted octanol–water partition coefficient (Wildman–Crippen LogP) is 1.12. The van der Waals surface area contributed by atoms with Crippen molar-refractivity contribution < 1.29 is 4.79 Å². The van der Waals surface area contributed by atoms with Gasteiger partial charge in [-0.3, -0.25) is 4.79 Å². The van der Waals surface area contributed by atoms with Crippen LogP contribution in [-0.2, 0) is 11.2 Å². The Morgan fingerprint density at radius 2 is 2.11 bits per heavy atom. The first-order valence-electron chi connectivity index (χ1n) is 6.91. The minimum Gasteiger partial charge on any atom is -0.309 e. The lowest BCUT2D eigenvalue weighted by atomic mass is 10.1. The molecule has 2 rings (SSSR count). The van der Waals surface area contributed by atoms with Crippen molar-refractivity contribution in [2.75, 3.05) is 38.6 Å². The molecule has 1 heterocycles. The Hall–Kier alpha value is -1.39. The van der Waals surface area contributed by atoms with Crippen molar-refractivity contribution >= 4 is 11.6 Å². The summed E-state index contributed by atoms with van der Waals surface area (Å²) in [5, 5.41) is 3.30. The van der Waals surface area contributed by atoms with E-state index < -0.39 is 0 Å². The fourth-order valence-corrected chi connectivity index (χ4v) is 2.56. The standard InChI is InChI=1S/C15H23N3O/c1-4-12-7-5-6-8-14(12)18-10-9-16-13(15(18)19)11-17(2)3/h5-8,13,16H,4,9-11H2,1-3H3. The van der Waals surface area contributed by atoms with Gasteiger partial charge in [-0.2, -0.15) is 0 Å². The van der Waals surface area contributed by atoms with Crippen molar-refractivity contribution in [1.29, 1.82) is 0 Å². The Labute approximate surface area is 115 Å². The van der Waals surface area contributed by atoms with Gasteiger partial charge in [0.05, 0.1) is 0 Å². The topological polar surface area (TPSA) is 35.6 Å². The lowest BCUT2D eigenvalue weighted by molar-refractivity contribution is -0.121.